The molecule has 6 nitrogen and oxygen atoms in total. The van der Waals surface area contributed by atoms with Gasteiger partial charge in [-0.15, -0.1) is 21.5 Å². The minimum atomic E-state index is -0.158. The number of amides is 1. The van der Waals surface area contributed by atoms with E-state index in [1.54, 1.807) is 0 Å². The number of nitrogens with one attached hydrogen (secondary N) is 1. The molecule has 0 bridgehead atoms. The molecule has 0 aliphatic heterocycles. The van der Waals surface area contributed by atoms with E-state index in [1.165, 1.54) is 23.1 Å². The zero-order valence-corrected chi connectivity index (χ0v) is 20.1. The van der Waals surface area contributed by atoms with Gasteiger partial charge in [0.05, 0.1) is 11.4 Å². The lowest BCUT2D eigenvalue weighted by Gasteiger charge is -2.10. The molecule has 34 heavy (non-hydrogen) atoms. The topological polar surface area (TPSA) is 72.7 Å². The number of nitrogens with zero attached hydrogens (tertiary/aromatic N) is 4. The number of benzene rings is 3. The van der Waals surface area contributed by atoms with E-state index in [4.69, 9.17) is 11.6 Å². The van der Waals surface area contributed by atoms with E-state index in [2.05, 4.69) is 20.5 Å². The summed E-state index contributed by atoms with van der Waals surface area (Å²) >= 11 is 8.77. The molecule has 0 aliphatic carbocycles. The van der Waals surface area contributed by atoms with Crippen molar-refractivity contribution in [3.63, 3.8) is 0 Å². The van der Waals surface area contributed by atoms with E-state index in [1.807, 2.05) is 94.9 Å². The summed E-state index contributed by atoms with van der Waals surface area (Å²) in [5.74, 6) is 0.694. The van der Waals surface area contributed by atoms with Crippen molar-refractivity contribution in [2.24, 2.45) is 0 Å². The number of para-hydroxylation sites is 1. The molecule has 2 heterocycles. The van der Waals surface area contributed by atoms with Gasteiger partial charge in [-0.2, -0.15) is 0 Å². The summed E-state index contributed by atoms with van der Waals surface area (Å²) in [7, 11) is 0. The SMILES string of the molecule is O=C(CSc1nnc(-c2ccc(Cl)cc2)n1-c1ccccc1)Nc1nc(-c2ccccc2)cs1. The Labute approximate surface area is 209 Å². The van der Waals surface area contributed by atoms with Gasteiger partial charge < -0.3 is 5.32 Å². The molecule has 2 aromatic heterocycles. The summed E-state index contributed by atoms with van der Waals surface area (Å²) in [6, 6.07) is 27.1. The Balaban J connectivity index is 1.33. The van der Waals surface area contributed by atoms with Gasteiger partial charge in [-0.1, -0.05) is 71.9 Å². The number of anilines is 1. The monoisotopic (exact) mass is 503 g/mol. The van der Waals surface area contributed by atoms with E-state index >= 15 is 0 Å². The number of carbonyl (C=O) groups excluding carboxylic acids is 1. The molecule has 5 aromatic rings. The van der Waals surface area contributed by atoms with Crippen molar-refractivity contribution >= 4 is 45.7 Å². The second kappa shape index (κ2) is 10.2. The first-order valence-electron chi connectivity index (χ1n) is 10.4. The van der Waals surface area contributed by atoms with Crippen LogP contribution in [0.15, 0.2) is 95.5 Å². The van der Waals surface area contributed by atoms with Gasteiger partial charge in [0.25, 0.3) is 0 Å². The predicted molar refractivity (Wildman–Crippen MR) is 139 cm³/mol. The summed E-state index contributed by atoms with van der Waals surface area (Å²) in [5.41, 5.74) is 3.64. The summed E-state index contributed by atoms with van der Waals surface area (Å²) < 4.78 is 1.94. The zero-order chi connectivity index (χ0) is 23.3. The van der Waals surface area contributed by atoms with Crippen LogP contribution in [0.4, 0.5) is 5.13 Å². The zero-order valence-electron chi connectivity index (χ0n) is 17.8. The summed E-state index contributed by atoms with van der Waals surface area (Å²) in [6.07, 6.45) is 0. The van der Waals surface area contributed by atoms with Crippen LogP contribution < -0.4 is 5.32 Å². The summed E-state index contributed by atoms with van der Waals surface area (Å²) in [6.45, 7) is 0. The third-order valence-electron chi connectivity index (χ3n) is 4.90. The highest BCUT2D eigenvalue weighted by Crippen LogP contribution is 2.29. The first-order valence-corrected chi connectivity index (χ1v) is 12.6. The van der Waals surface area contributed by atoms with Crippen molar-refractivity contribution in [1.29, 1.82) is 0 Å². The maximum absolute atomic E-state index is 12.7. The second-order valence-electron chi connectivity index (χ2n) is 7.22. The van der Waals surface area contributed by atoms with Gasteiger partial charge in [0.1, 0.15) is 0 Å². The molecular formula is C25H18ClN5OS2. The Kier molecular flexibility index (Phi) is 6.71. The van der Waals surface area contributed by atoms with E-state index in [-0.39, 0.29) is 11.7 Å². The van der Waals surface area contributed by atoms with Crippen molar-refractivity contribution in [2.45, 2.75) is 5.16 Å². The first kappa shape index (κ1) is 22.3. The van der Waals surface area contributed by atoms with Crippen LogP contribution in [0.3, 0.4) is 0 Å². The van der Waals surface area contributed by atoms with Crippen molar-refractivity contribution < 1.29 is 4.79 Å². The molecule has 0 aliphatic rings. The lowest BCUT2D eigenvalue weighted by Crippen LogP contribution is -2.14. The van der Waals surface area contributed by atoms with Crippen LogP contribution in [0, 0.1) is 0 Å². The van der Waals surface area contributed by atoms with E-state index < -0.39 is 0 Å². The quantitative estimate of drug-likeness (QED) is 0.259. The Bertz CT molecular complexity index is 1400. The average Bonchev–Trinajstić information content (AvgIpc) is 3.52. The van der Waals surface area contributed by atoms with Crippen molar-refractivity contribution in [1.82, 2.24) is 19.7 Å². The fraction of sp³-hybridized carbons (Fsp3) is 0.0400. The standard InChI is InChI=1S/C25H18ClN5OS2/c26-19-13-11-18(12-14-19)23-29-30-25(31(23)20-9-5-2-6-10-20)34-16-22(32)28-24-27-21(15-33-24)17-7-3-1-4-8-17/h1-15H,16H2,(H,27,28,32). The molecule has 0 atom stereocenters. The normalized spacial score (nSPS) is 10.9. The fourth-order valence-electron chi connectivity index (χ4n) is 3.32. The van der Waals surface area contributed by atoms with Gasteiger partial charge >= 0.3 is 0 Å². The van der Waals surface area contributed by atoms with Crippen LogP contribution in [0.1, 0.15) is 0 Å². The molecule has 5 rings (SSSR count). The average molecular weight is 504 g/mol. The van der Waals surface area contributed by atoms with E-state index in [9.17, 15) is 4.79 Å². The van der Waals surface area contributed by atoms with Crippen LogP contribution >= 0.6 is 34.7 Å². The number of thioether (sulfide) groups is 1. The first-order chi connectivity index (χ1) is 16.7. The van der Waals surface area contributed by atoms with Crippen molar-refractivity contribution in [3.8, 4) is 28.3 Å². The van der Waals surface area contributed by atoms with Crippen LogP contribution in [-0.4, -0.2) is 31.4 Å². The highest BCUT2D eigenvalue weighted by Gasteiger charge is 2.18. The fourth-order valence-corrected chi connectivity index (χ4v) is 4.93. The lowest BCUT2D eigenvalue weighted by atomic mass is 10.2. The van der Waals surface area contributed by atoms with E-state index in [0.29, 0.717) is 21.1 Å². The van der Waals surface area contributed by atoms with Crippen LogP contribution in [0.5, 0.6) is 0 Å². The van der Waals surface area contributed by atoms with Crippen LogP contribution in [0.25, 0.3) is 28.3 Å². The van der Waals surface area contributed by atoms with Crippen molar-refractivity contribution in [3.05, 3.63) is 95.3 Å². The largest absolute Gasteiger partial charge is 0.301 e. The molecule has 168 valence electrons. The molecule has 0 radical (unpaired) electrons. The Morgan fingerprint density at radius 2 is 1.62 bits per heavy atom. The van der Waals surface area contributed by atoms with Gasteiger partial charge in [-0.25, -0.2) is 4.98 Å². The summed E-state index contributed by atoms with van der Waals surface area (Å²) in [5, 5.41) is 15.4. The van der Waals surface area contributed by atoms with Crippen LogP contribution in [-0.2, 0) is 4.79 Å². The number of thiazole rings is 1. The number of carbonyl (C=O) groups is 1. The Morgan fingerprint density at radius 1 is 0.912 bits per heavy atom. The molecule has 1 N–H and O–H groups in total. The number of hydrogen-bond acceptors (Lipinski definition) is 6. The Morgan fingerprint density at radius 3 is 2.35 bits per heavy atom. The molecule has 3 aromatic carbocycles. The van der Waals surface area contributed by atoms with E-state index in [0.717, 1.165) is 22.5 Å². The van der Waals surface area contributed by atoms with Gasteiger partial charge in [-0.05, 0) is 36.4 Å². The molecule has 1 amide bonds. The molecule has 9 heteroatoms. The summed E-state index contributed by atoms with van der Waals surface area (Å²) in [4.78, 5) is 17.2. The highest BCUT2D eigenvalue weighted by molar-refractivity contribution is 7.99. The van der Waals surface area contributed by atoms with Gasteiger partial charge in [0.15, 0.2) is 16.1 Å². The maximum Gasteiger partial charge on any atom is 0.236 e. The minimum Gasteiger partial charge on any atom is -0.301 e. The molecule has 0 fully saturated rings. The van der Waals surface area contributed by atoms with Gasteiger partial charge in [0.2, 0.25) is 5.91 Å². The molecule has 0 saturated carbocycles. The highest BCUT2D eigenvalue weighted by atomic mass is 35.5. The minimum absolute atomic E-state index is 0.158. The third kappa shape index (κ3) is 5.04. The van der Waals surface area contributed by atoms with Gasteiger partial charge in [-0.3, -0.25) is 9.36 Å². The number of hydrogen-bond donors (Lipinski definition) is 1. The molecule has 0 saturated heterocycles. The maximum atomic E-state index is 12.7. The lowest BCUT2D eigenvalue weighted by molar-refractivity contribution is -0.113. The van der Waals surface area contributed by atoms with Gasteiger partial charge in [0, 0.05) is 27.2 Å². The molecule has 0 unspecified atom stereocenters. The number of halogens is 1. The predicted octanol–water partition coefficient (Wildman–Crippen LogP) is 6.44. The molecular weight excluding hydrogens is 486 g/mol. The van der Waals surface area contributed by atoms with Crippen LogP contribution in [0.2, 0.25) is 5.02 Å². The van der Waals surface area contributed by atoms with Crippen molar-refractivity contribution in [2.75, 3.05) is 11.1 Å². The smallest absolute Gasteiger partial charge is 0.236 e. The number of rotatable bonds is 7. The third-order valence-corrected chi connectivity index (χ3v) is 6.84. The molecule has 0 spiro atoms. The Hall–Kier alpha value is -3.46. The number of aromatic nitrogens is 4. The second-order valence-corrected chi connectivity index (χ2v) is 9.46.